The molecule has 1 aromatic rings. The zero-order valence-electron chi connectivity index (χ0n) is 10.7. The molecule has 3 rings (SSSR count). The summed E-state index contributed by atoms with van der Waals surface area (Å²) in [7, 11) is 0. The average molecular weight is 305 g/mol. The molecule has 0 unspecified atom stereocenters. The topological polar surface area (TPSA) is 33.7 Å². The van der Waals surface area contributed by atoms with Gasteiger partial charge in [0.1, 0.15) is 0 Å². The summed E-state index contributed by atoms with van der Waals surface area (Å²) in [5, 5.41) is 3.44. The van der Waals surface area contributed by atoms with Crippen LogP contribution in [0.4, 0.5) is 8.78 Å². The molecule has 1 fully saturated rings. The third kappa shape index (κ3) is 2.55. The van der Waals surface area contributed by atoms with Gasteiger partial charge in [-0.3, -0.25) is 4.90 Å². The van der Waals surface area contributed by atoms with Crippen LogP contribution < -0.4 is 14.8 Å². The van der Waals surface area contributed by atoms with E-state index in [9.17, 15) is 8.78 Å². The Kier molecular flexibility index (Phi) is 3.96. The third-order valence-corrected chi connectivity index (χ3v) is 3.92. The fourth-order valence-corrected chi connectivity index (χ4v) is 2.88. The van der Waals surface area contributed by atoms with Crippen molar-refractivity contribution in [2.24, 2.45) is 0 Å². The molecule has 20 heavy (non-hydrogen) atoms. The van der Waals surface area contributed by atoms with E-state index in [2.05, 4.69) is 5.32 Å². The molecule has 7 heteroatoms. The van der Waals surface area contributed by atoms with Gasteiger partial charge in [0.05, 0.1) is 6.04 Å². The molecule has 0 spiro atoms. The number of ether oxygens (including phenoxy) is 2. The summed E-state index contributed by atoms with van der Waals surface area (Å²) in [6, 6.07) is 2.11. The number of halogens is 3. The zero-order chi connectivity index (χ0) is 14.1. The summed E-state index contributed by atoms with van der Waals surface area (Å²) in [4.78, 5) is 1.75. The molecule has 1 saturated heterocycles. The van der Waals surface area contributed by atoms with Crippen molar-refractivity contribution in [3.63, 3.8) is 0 Å². The van der Waals surface area contributed by atoms with Gasteiger partial charge in [-0.15, -0.1) is 0 Å². The van der Waals surface area contributed by atoms with E-state index in [0.717, 1.165) is 0 Å². The normalized spacial score (nSPS) is 20.4. The van der Waals surface area contributed by atoms with Gasteiger partial charge in [0.2, 0.25) is 6.79 Å². The number of nitrogens with one attached hydrogen (secondary N) is 1. The number of fused-ring (bicyclic) bond motifs is 1. The number of nitrogens with zero attached hydrogens (tertiary/aromatic N) is 1. The molecule has 1 atom stereocenters. The smallest absolute Gasteiger partial charge is 0.258 e. The van der Waals surface area contributed by atoms with Crippen molar-refractivity contribution in [3.8, 4) is 11.5 Å². The van der Waals surface area contributed by atoms with E-state index >= 15 is 0 Å². The highest BCUT2D eigenvalue weighted by molar-refractivity contribution is 6.31. The lowest BCUT2D eigenvalue weighted by Crippen LogP contribution is -2.47. The van der Waals surface area contributed by atoms with E-state index in [1.54, 1.807) is 17.0 Å². The van der Waals surface area contributed by atoms with Crippen molar-refractivity contribution < 1.29 is 18.3 Å². The van der Waals surface area contributed by atoms with Crippen LogP contribution in [0, 0.1) is 0 Å². The first-order valence-electron chi connectivity index (χ1n) is 6.49. The fraction of sp³-hybridized carbons (Fsp3) is 0.538. The van der Waals surface area contributed by atoms with Gasteiger partial charge >= 0.3 is 0 Å². The highest BCUT2D eigenvalue weighted by Crippen LogP contribution is 2.41. The van der Waals surface area contributed by atoms with Crippen molar-refractivity contribution in [1.29, 1.82) is 0 Å². The molecule has 2 aliphatic rings. The van der Waals surface area contributed by atoms with Gasteiger partial charge in [0.25, 0.3) is 6.43 Å². The minimum Gasteiger partial charge on any atom is -0.454 e. The Balaban J connectivity index is 1.94. The van der Waals surface area contributed by atoms with E-state index in [0.29, 0.717) is 43.2 Å². The van der Waals surface area contributed by atoms with Gasteiger partial charge < -0.3 is 14.8 Å². The van der Waals surface area contributed by atoms with Crippen molar-refractivity contribution >= 4 is 11.6 Å². The summed E-state index contributed by atoms with van der Waals surface area (Å²) >= 11 is 6.15. The summed E-state index contributed by atoms with van der Waals surface area (Å²) < 4.78 is 37.5. The van der Waals surface area contributed by atoms with Crippen molar-refractivity contribution in [1.82, 2.24) is 10.2 Å². The standard InChI is InChI=1S/C13H15ClF2N2O2/c14-9-6-11-10(19-7-20-11)5-8(9)12(13(15)16)18-3-1-17-2-4-18/h5-6,12-13,17H,1-4,7H2/t12-/m0/s1. The van der Waals surface area contributed by atoms with E-state index < -0.39 is 12.5 Å². The maximum atomic E-state index is 13.5. The molecular formula is C13H15ClF2N2O2. The van der Waals surface area contributed by atoms with Crippen LogP contribution in [0.2, 0.25) is 5.02 Å². The Morgan fingerprint density at radius 2 is 1.80 bits per heavy atom. The van der Waals surface area contributed by atoms with Gasteiger partial charge in [-0.25, -0.2) is 8.78 Å². The molecule has 0 radical (unpaired) electrons. The molecule has 0 aliphatic carbocycles. The monoisotopic (exact) mass is 304 g/mol. The lowest BCUT2D eigenvalue weighted by Gasteiger charge is -2.35. The van der Waals surface area contributed by atoms with E-state index in [1.165, 1.54) is 0 Å². The predicted octanol–water partition coefficient (Wildman–Crippen LogP) is 2.28. The van der Waals surface area contributed by atoms with Crippen LogP contribution in [-0.2, 0) is 0 Å². The number of rotatable bonds is 3. The molecule has 4 nitrogen and oxygen atoms in total. The molecule has 1 aromatic carbocycles. The van der Waals surface area contributed by atoms with E-state index in [1.807, 2.05) is 0 Å². The molecule has 0 aromatic heterocycles. The molecule has 2 aliphatic heterocycles. The minimum absolute atomic E-state index is 0.0993. The first-order chi connectivity index (χ1) is 9.66. The highest BCUT2D eigenvalue weighted by Gasteiger charge is 2.33. The molecule has 0 amide bonds. The van der Waals surface area contributed by atoms with Crippen molar-refractivity contribution in [2.75, 3.05) is 33.0 Å². The summed E-state index contributed by atoms with van der Waals surface area (Å²) in [6.45, 7) is 2.64. The molecule has 1 N–H and O–H groups in total. The first kappa shape index (κ1) is 13.9. The van der Waals surface area contributed by atoms with E-state index in [-0.39, 0.29) is 11.8 Å². The Hall–Kier alpha value is -1.11. The number of hydrogen-bond donors (Lipinski definition) is 1. The lowest BCUT2D eigenvalue weighted by molar-refractivity contribution is 0.0181. The fourth-order valence-electron chi connectivity index (χ4n) is 2.61. The van der Waals surface area contributed by atoms with Crippen LogP contribution in [0.1, 0.15) is 11.6 Å². The van der Waals surface area contributed by atoms with Crippen molar-refractivity contribution in [2.45, 2.75) is 12.5 Å². The molecular weight excluding hydrogens is 290 g/mol. The van der Waals surface area contributed by atoms with Gasteiger partial charge in [-0.2, -0.15) is 0 Å². The molecule has 110 valence electrons. The lowest BCUT2D eigenvalue weighted by atomic mass is 10.0. The van der Waals surface area contributed by atoms with Gasteiger partial charge in [-0.1, -0.05) is 11.6 Å². The maximum absolute atomic E-state index is 13.5. The van der Waals surface area contributed by atoms with Crippen molar-refractivity contribution in [3.05, 3.63) is 22.7 Å². The molecule has 0 bridgehead atoms. The zero-order valence-corrected chi connectivity index (χ0v) is 11.5. The quantitative estimate of drug-likeness (QED) is 0.929. The van der Waals surface area contributed by atoms with Crippen LogP contribution in [0.15, 0.2) is 12.1 Å². The van der Waals surface area contributed by atoms with Crippen LogP contribution in [0.25, 0.3) is 0 Å². The SMILES string of the molecule is FC(F)[C@H](c1cc2c(cc1Cl)OCO2)N1CCNCC1. The van der Waals surface area contributed by atoms with Crippen LogP contribution in [-0.4, -0.2) is 44.3 Å². The highest BCUT2D eigenvalue weighted by atomic mass is 35.5. The third-order valence-electron chi connectivity index (χ3n) is 3.59. The second-order valence-electron chi connectivity index (χ2n) is 4.79. The second kappa shape index (κ2) is 5.71. The van der Waals surface area contributed by atoms with Crippen LogP contribution in [0.5, 0.6) is 11.5 Å². The van der Waals surface area contributed by atoms with Crippen LogP contribution >= 0.6 is 11.6 Å². The summed E-state index contributed by atoms with van der Waals surface area (Å²) in [5.41, 5.74) is 0.396. The predicted molar refractivity (Wildman–Crippen MR) is 70.8 cm³/mol. The maximum Gasteiger partial charge on any atom is 0.258 e. The minimum atomic E-state index is -2.51. The Morgan fingerprint density at radius 3 is 2.45 bits per heavy atom. The number of piperazine rings is 1. The van der Waals surface area contributed by atoms with Crippen LogP contribution in [0.3, 0.4) is 0 Å². The molecule has 0 saturated carbocycles. The summed E-state index contributed by atoms with van der Waals surface area (Å²) in [6.07, 6.45) is -2.51. The second-order valence-corrected chi connectivity index (χ2v) is 5.20. The number of benzene rings is 1. The van der Waals surface area contributed by atoms with Gasteiger partial charge in [0.15, 0.2) is 11.5 Å². The van der Waals surface area contributed by atoms with E-state index in [4.69, 9.17) is 21.1 Å². The Labute approximate surface area is 120 Å². The Bertz CT molecular complexity index is 496. The van der Waals surface area contributed by atoms with Gasteiger partial charge in [0, 0.05) is 37.3 Å². The van der Waals surface area contributed by atoms with Gasteiger partial charge in [-0.05, 0) is 11.6 Å². The Morgan fingerprint density at radius 1 is 1.15 bits per heavy atom. The number of alkyl halides is 2. The average Bonchev–Trinajstić information content (AvgIpc) is 2.87. The number of hydrogen-bond acceptors (Lipinski definition) is 4. The first-order valence-corrected chi connectivity index (χ1v) is 6.86. The largest absolute Gasteiger partial charge is 0.454 e. The molecule has 2 heterocycles. The summed E-state index contributed by atoms with van der Waals surface area (Å²) in [5.74, 6) is 0.984.